The lowest BCUT2D eigenvalue weighted by Crippen LogP contribution is -2.22. The Balaban J connectivity index is 2.00. The number of hydrogen-bond acceptors (Lipinski definition) is 2. The van der Waals surface area contributed by atoms with Crippen LogP contribution in [-0.2, 0) is 6.42 Å². The molecular formula is C18H20F2N2OS. The van der Waals surface area contributed by atoms with Gasteiger partial charge in [-0.05, 0) is 48.5 Å². The van der Waals surface area contributed by atoms with Crippen LogP contribution in [0.1, 0.15) is 55.3 Å². The summed E-state index contributed by atoms with van der Waals surface area (Å²) in [6.07, 6.45) is 4.28. The first-order valence-corrected chi connectivity index (χ1v) is 8.64. The van der Waals surface area contributed by atoms with Crippen molar-refractivity contribution in [3.63, 3.8) is 0 Å². The summed E-state index contributed by atoms with van der Waals surface area (Å²) in [6.45, 7) is 2.23. The van der Waals surface area contributed by atoms with Crippen molar-refractivity contribution in [2.24, 2.45) is 5.92 Å². The molecule has 1 aliphatic rings. The van der Waals surface area contributed by atoms with Crippen LogP contribution < -0.4 is 5.56 Å². The van der Waals surface area contributed by atoms with E-state index in [9.17, 15) is 13.6 Å². The van der Waals surface area contributed by atoms with Gasteiger partial charge < -0.3 is 4.98 Å². The first kappa shape index (κ1) is 17.0. The van der Waals surface area contributed by atoms with Crippen LogP contribution in [0.25, 0.3) is 0 Å². The maximum absolute atomic E-state index is 14.0. The fraction of sp³-hybridized carbons (Fsp3) is 0.444. The molecule has 0 unspecified atom stereocenters. The molecule has 0 saturated heterocycles. The molecule has 1 fully saturated rings. The Kier molecular flexibility index (Phi) is 4.94. The first-order valence-electron chi connectivity index (χ1n) is 8.23. The number of hydrogen-bond donors (Lipinski definition) is 2. The van der Waals surface area contributed by atoms with E-state index in [1.807, 2.05) is 0 Å². The number of aromatic nitrogens is 2. The third-order valence-electron chi connectivity index (χ3n) is 4.88. The van der Waals surface area contributed by atoms with Gasteiger partial charge in [-0.1, -0.05) is 25.8 Å². The minimum Gasteiger partial charge on any atom is -0.335 e. The SMILES string of the molecule is CC1CCC(c2[nH]c(=S)[nH]c(=O)c2Cc2ccc(F)cc2F)CC1. The zero-order chi connectivity index (χ0) is 17.3. The first-order chi connectivity index (χ1) is 11.4. The van der Waals surface area contributed by atoms with Crippen LogP contribution >= 0.6 is 12.2 Å². The maximum atomic E-state index is 14.0. The predicted octanol–water partition coefficient (Wildman–Crippen LogP) is 4.60. The highest BCUT2D eigenvalue weighted by molar-refractivity contribution is 7.71. The number of halogens is 2. The molecule has 0 radical (unpaired) electrons. The number of aromatic amines is 2. The van der Waals surface area contributed by atoms with Gasteiger partial charge in [-0.3, -0.25) is 9.78 Å². The van der Waals surface area contributed by atoms with Crippen molar-refractivity contribution in [3.05, 3.63) is 61.8 Å². The van der Waals surface area contributed by atoms with Gasteiger partial charge >= 0.3 is 0 Å². The van der Waals surface area contributed by atoms with E-state index < -0.39 is 11.6 Å². The summed E-state index contributed by atoms with van der Waals surface area (Å²) in [5.74, 6) is -0.355. The highest BCUT2D eigenvalue weighted by atomic mass is 32.1. The number of H-pyrrole nitrogens is 2. The lowest BCUT2D eigenvalue weighted by atomic mass is 9.80. The summed E-state index contributed by atoms with van der Waals surface area (Å²) in [6, 6.07) is 3.44. The second-order valence-electron chi connectivity index (χ2n) is 6.67. The van der Waals surface area contributed by atoms with Gasteiger partial charge in [0.15, 0.2) is 4.77 Å². The van der Waals surface area contributed by atoms with E-state index in [0.717, 1.165) is 37.4 Å². The Morgan fingerprint density at radius 1 is 1.17 bits per heavy atom. The molecule has 1 saturated carbocycles. The topological polar surface area (TPSA) is 48.6 Å². The normalized spacial score (nSPS) is 21.0. The quantitative estimate of drug-likeness (QED) is 0.795. The molecule has 24 heavy (non-hydrogen) atoms. The van der Waals surface area contributed by atoms with E-state index in [0.29, 0.717) is 17.0 Å². The van der Waals surface area contributed by atoms with Gasteiger partial charge in [0.05, 0.1) is 0 Å². The van der Waals surface area contributed by atoms with Crippen LogP contribution in [-0.4, -0.2) is 9.97 Å². The molecule has 3 nitrogen and oxygen atoms in total. The molecule has 1 aromatic heterocycles. The van der Waals surface area contributed by atoms with E-state index in [2.05, 4.69) is 16.9 Å². The Labute approximate surface area is 144 Å². The van der Waals surface area contributed by atoms with E-state index in [1.54, 1.807) is 0 Å². The summed E-state index contributed by atoms with van der Waals surface area (Å²) in [7, 11) is 0. The van der Waals surface area contributed by atoms with Crippen LogP contribution in [0.3, 0.4) is 0 Å². The van der Waals surface area contributed by atoms with Crippen LogP contribution in [0.4, 0.5) is 8.78 Å². The van der Waals surface area contributed by atoms with Crippen molar-refractivity contribution in [2.45, 2.75) is 44.9 Å². The summed E-state index contributed by atoms with van der Waals surface area (Å²) < 4.78 is 27.4. The van der Waals surface area contributed by atoms with Gasteiger partial charge in [-0.15, -0.1) is 0 Å². The molecule has 2 aromatic rings. The smallest absolute Gasteiger partial charge is 0.255 e. The summed E-state index contributed by atoms with van der Waals surface area (Å²) in [4.78, 5) is 18.1. The second kappa shape index (κ2) is 6.97. The standard InChI is InChI=1S/C18H20F2N2OS/c1-10-2-4-11(5-3-10)16-14(17(23)22-18(24)21-16)8-12-6-7-13(19)9-15(12)20/h6-7,9-11H,2-5,8H2,1H3,(H2,21,22,23,24). The molecule has 2 N–H and O–H groups in total. The minimum absolute atomic E-state index is 0.120. The molecule has 6 heteroatoms. The highest BCUT2D eigenvalue weighted by Gasteiger charge is 2.24. The van der Waals surface area contributed by atoms with Crippen LogP contribution in [0.2, 0.25) is 0 Å². The molecule has 0 bridgehead atoms. The average Bonchev–Trinajstić information content (AvgIpc) is 2.52. The summed E-state index contributed by atoms with van der Waals surface area (Å²) in [5, 5.41) is 0. The Morgan fingerprint density at radius 3 is 2.54 bits per heavy atom. The van der Waals surface area contributed by atoms with Crippen molar-refractivity contribution in [3.8, 4) is 0 Å². The molecule has 0 atom stereocenters. The fourth-order valence-corrected chi connectivity index (χ4v) is 3.66. The van der Waals surface area contributed by atoms with Gasteiger partial charge in [0.2, 0.25) is 0 Å². The predicted molar refractivity (Wildman–Crippen MR) is 91.8 cm³/mol. The fourth-order valence-electron chi connectivity index (χ4n) is 3.46. The molecule has 0 spiro atoms. The number of nitrogens with one attached hydrogen (secondary N) is 2. The summed E-state index contributed by atoms with van der Waals surface area (Å²) >= 11 is 5.11. The minimum atomic E-state index is -0.639. The van der Waals surface area contributed by atoms with Crippen molar-refractivity contribution in [1.29, 1.82) is 0 Å². The molecular weight excluding hydrogens is 330 g/mol. The monoisotopic (exact) mass is 350 g/mol. The van der Waals surface area contributed by atoms with Crippen LogP contribution in [0, 0.1) is 22.3 Å². The molecule has 1 aliphatic carbocycles. The van der Waals surface area contributed by atoms with Crippen molar-refractivity contribution in [1.82, 2.24) is 9.97 Å². The van der Waals surface area contributed by atoms with Crippen LogP contribution in [0.5, 0.6) is 0 Å². The largest absolute Gasteiger partial charge is 0.335 e. The second-order valence-corrected chi connectivity index (χ2v) is 7.08. The van der Waals surface area contributed by atoms with E-state index in [4.69, 9.17) is 12.2 Å². The van der Waals surface area contributed by atoms with E-state index in [-0.39, 0.29) is 22.7 Å². The Morgan fingerprint density at radius 2 is 1.88 bits per heavy atom. The molecule has 1 aromatic carbocycles. The van der Waals surface area contributed by atoms with E-state index >= 15 is 0 Å². The third-order valence-corrected chi connectivity index (χ3v) is 5.09. The van der Waals surface area contributed by atoms with Gasteiger partial charge in [0, 0.05) is 23.7 Å². The zero-order valence-corrected chi connectivity index (χ0v) is 14.3. The molecule has 0 amide bonds. The van der Waals surface area contributed by atoms with Crippen molar-refractivity contribution in [2.75, 3.05) is 0 Å². The maximum Gasteiger partial charge on any atom is 0.255 e. The molecule has 128 valence electrons. The third kappa shape index (κ3) is 3.64. The molecule has 0 aliphatic heterocycles. The molecule has 3 rings (SSSR count). The van der Waals surface area contributed by atoms with Crippen molar-refractivity contribution >= 4 is 12.2 Å². The zero-order valence-electron chi connectivity index (χ0n) is 13.5. The highest BCUT2D eigenvalue weighted by Crippen LogP contribution is 2.35. The number of rotatable bonds is 3. The van der Waals surface area contributed by atoms with E-state index in [1.165, 1.54) is 12.1 Å². The average molecular weight is 350 g/mol. The van der Waals surface area contributed by atoms with Gasteiger partial charge in [-0.2, -0.15) is 0 Å². The van der Waals surface area contributed by atoms with Gasteiger partial charge in [-0.25, -0.2) is 8.78 Å². The van der Waals surface area contributed by atoms with Gasteiger partial charge in [0.1, 0.15) is 11.6 Å². The molecule has 1 heterocycles. The lowest BCUT2D eigenvalue weighted by Gasteiger charge is -2.27. The Hall–Kier alpha value is -1.82. The van der Waals surface area contributed by atoms with Crippen LogP contribution in [0.15, 0.2) is 23.0 Å². The van der Waals surface area contributed by atoms with Gasteiger partial charge in [0.25, 0.3) is 5.56 Å². The van der Waals surface area contributed by atoms with Crippen molar-refractivity contribution < 1.29 is 8.78 Å². The lowest BCUT2D eigenvalue weighted by molar-refractivity contribution is 0.342. The Bertz CT molecular complexity index is 851. The summed E-state index contributed by atoms with van der Waals surface area (Å²) in [5.41, 5.74) is 1.31. The number of benzene rings is 1.